The largest absolute Gasteiger partial charge is 0.400 e. The van der Waals surface area contributed by atoms with Gasteiger partial charge in [0.2, 0.25) is 0 Å². The van der Waals surface area contributed by atoms with Crippen molar-refractivity contribution in [3.8, 4) is 0 Å². The van der Waals surface area contributed by atoms with E-state index >= 15 is 0 Å². The molecule has 1 heterocycles. The minimum absolute atomic E-state index is 0.404. The number of alkyl halides is 3. The van der Waals surface area contributed by atoms with E-state index in [1.54, 1.807) is 0 Å². The second-order valence-electron chi connectivity index (χ2n) is 2.81. The van der Waals surface area contributed by atoms with Crippen LogP contribution in [0.3, 0.4) is 0 Å². The Labute approximate surface area is 78.1 Å². The maximum atomic E-state index is 12.3. The van der Waals surface area contributed by atoms with Crippen molar-refractivity contribution >= 4 is 5.84 Å². The van der Waals surface area contributed by atoms with Crippen molar-refractivity contribution in [1.82, 2.24) is 9.55 Å². The molecule has 0 spiro atoms. The molecule has 0 amide bonds. The van der Waals surface area contributed by atoms with Crippen molar-refractivity contribution < 1.29 is 13.2 Å². The second-order valence-corrected chi connectivity index (χ2v) is 2.81. The summed E-state index contributed by atoms with van der Waals surface area (Å²) in [6, 6.07) is 0. The Morgan fingerprint density at radius 1 is 1.57 bits per heavy atom. The molecule has 0 aromatic carbocycles. The van der Waals surface area contributed by atoms with Crippen LogP contribution in [0.25, 0.3) is 0 Å². The molecule has 78 valence electrons. The first kappa shape index (κ1) is 10.6. The molecule has 1 aromatic heterocycles. The van der Waals surface area contributed by atoms with Crippen LogP contribution in [-0.2, 0) is 6.54 Å². The van der Waals surface area contributed by atoms with Crippen LogP contribution in [-0.4, -0.2) is 21.6 Å². The fourth-order valence-electron chi connectivity index (χ4n) is 0.984. The summed E-state index contributed by atoms with van der Waals surface area (Å²) in [7, 11) is 0. The molecule has 0 fully saturated rings. The highest BCUT2D eigenvalue weighted by Crippen LogP contribution is 2.27. The standard InChI is InChI=1S/C7H9F3N4/c8-7(9,10)5(6(11)12)3-14-2-1-13-4-14/h1-2,4-5H,3H2,(H3,11,12). The van der Waals surface area contributed by atoms with Crippen molar-refractivity contribution in [2.75, 3.05) is 0 Å². The molecule has 0 aliphatic carbocycles. The molecule has 0 radical (unpaired) electrons. The number of amidine groups is 1. The summed E-state index contributed by atoms with van der Waals surface area (Å²) in [6.45, 7) is -0.404. The van der Waals surface area contributed by atoms with E-state index in [0.717, 1.165) is 0 Å². The molecular weight excluding hydrogens is 197 g/mol. The summed E-state index contributed by atoms with van der Waals surface area (Å²) < 4.78 is 38.2. The third-order valence-electron chi connectivity index (χ3n) is 1.72. The number of halogens is 3. The van der Waals surface area contributed by atoms with Crippen molar-refractivity contribution in [2.45, 2.75) is 12.7 Å². The summed E-state index contributed by atoms with van der Waals surface area (Å²) in [5.74, 6) is -2.83. The molecule has 1 unspecified atom stereocenters. The molecule has 4 nitrogen and oxygen atoms in total. The van der Waals surface area contributed by atoms with Gasteiger partial charge in [-0.25, -0.2) is 4.98 Å². The van der Waals surface area contributed by atoms with Crippen LogP contribution in [0.2, 0.25) is 0 Å². The number of nitrogens with one attached hydrogen (secondary N) is 1. The van der Waals surface area contributed by atoms with Crippen LogP contribution >= 0.6 is 0 Å². The van der Waals surface area contributed by atoms with E-state index in [2.05, 4.69) is 4.98 Å². The lowest BCUT2D eigenvalue weighted by Gasteiger charge is -2.18. The highest BCUT2D eigenvalue weighted by Gasteiger charge is 2.41. The number of nitrogens with two attached hydrogens (primary N) is 1. The van der Waals surface area contributed by atoms with Crippen LogP contribution < -0.4 is 5.73 Å². The van der Waals surface area contributed by atoms with Gasteiger partial charge in [0.15, 0.2) is 0 Å². The van der Waals surface area contributed by atoms with E-state index in [1.807, 2.05) is 0 Å². The van der Waals surface area contributed by atoms with Gasteiger partial charge in [-0.05, 0) is 0 Å². The van der Waals surface area contributed by atoms with Gasteiger partial charge in [-0.15, -0.1) is 0 Å². The zero-order chi connectivity index (χ0) is 10.8. The van der Waals surface area contributed by atoms with Gasteiger partial charge >= 0.3 is 6.18 Å². The summed E-state index contributed by atoms with van der Waals surface area (Å²) >= 11 is 0. The molecule has 0 aliphatic rings. The molecule has 0 aliphatic heterocycles. The molecule has 3 N–H and O–H groups in total. The average molecular weight is 206 g/mol. The zero-order valence-electron chi connectivity index (χ0n) is 7.12. The van der Waals surface area contributed by atoms with Crippen LogP contribution in [0.4, 0.5) is 13.2 Å². The molecular formula is C7H9F3N4. The SMILES string of the molecule is N=C(N)C(Cn1ccnc1)C(F)(F)F. The van der Waals surface area contributed by atoms with Crippen LogP contribution in [0.1, 0.15) is 0 Å². The molecule has 1 atom stereocenters. The predicted octanol–water partition coefficient (Wildman–Crippen LogP) is 0.998. The minimum Gasteiger partial charge on any atom is -0.387 e. The van der Waals surface area contributed by atoms with Crippen molar-refractivity contribution in [2.24, 2.45) is 11.7 Å². The summed E-state index contributed by atoms with van der Waals surface area (Å²) in [5.41, 5.74) is 4.87. The first-order valence-corrected chi connectivity index (χ1v) is 3.77. The molecule has 14 heavy (non-hydrogen) atoms. The van der Waals surface area contributed by atoms with E-state index in [-0.39, 0.29) is 0 Å². The fraction of sp³-hybridized carbons (Fsp3) is 0.429. The van der Waals surface area contributed by atoms with Gasteiger partial charge in [-0.2, -0.15) is 13.2 Å². The topological polar surface area (TPSA) is 67.7 Å². The fourth-order valence-corrected chi connectivity index (χ4v) is 0.984. The van der Waals surface area contributed by atoms with Gasteiger partial charge in [-0.3, -0.25) is 5.41 Å². The van der Waals surface area contributed by atoms with Crippen LogP contribution in [0, 0.1) is 11.3 Å². The number of hydrogen-bond acceptors (Lipinski definition) is 2. The van der Waals surface area contributed by atoms with Crippen molar-refractivity contribution in [3.63, 3.8) is 0 Å². The van der Waals surface area contributed by atoms with E-state index in [4.69, 9.17) is 11.1 Å². The monoisotopic (exact) mass is 206 g/mol. The Hall–Kier alpha value is -1.53. The lowest BCUT2D eigenvalue weighted by Crippen LogP contribution is -2.38. The highest BCUT2D eigenvalue weighted by molar-refractivity contribution is 5.80. The Balaban J connectivity index is 2.76. The Morgan fingerprint density at radius 3 is 2.57 bits per heavy atom. The maximum absolute atomic E-state index is 12.3. The highest BCUT2D eigenvalue weighted by atomic mass is 19.4. The van der Waals surface area contributed by atoms with Gasteiger partial charge < -0.3 is 10.3 Å². The summed E-state index contributed by atoms with van der Waals surface area (Å²) in [6.07, 6.45) is -0.479. The first-order chi connectivity index (χ1) is 6.41. The lowest BCUT2D eigenvalue weighted by atomic mass is 10.1. The van der Waals surface area contributed by atoms with Crippen LogP contribution in [0.5, 0.6) is 0 Å². The summed E-state index contributed by atoms with van der Waals surface area (Å²) in [4.78, 5) is 3.60. The Bertz CT molecular complexity index is 303. The molecule has 0 saturated carbocycles. The number of imidazole rings is 1. The molecule has 0 bridgehead atoms. The van der Waals surface area contributed by atoms with Gasteiger partial charge in [-0.1, -0.05) is 0 Å². The van der Waals surface area contributed by atoms with Gasteiger partial charge in [0.05, 0.1) is 6.33 Å². The number of rotatable bonds is 3. The van der Waals surface area contributed by atoms with Crippen molar-refractivity contribution in [1.29, 1.82) is 5.41 Å². The lowest BCUT2D eigenvalue weighted by molar-refractivity contribution is -0.158. The summed E-state index contributed by atoms with van der Waals surface area (Å²) in [5, 5.41) is 6.83. The van der Waals surface area contributed by atoms with Crippen molar-refractivity contribution in [3.05, 3.63) is 18.7 Å². The second kappa shape index (κ2) is 3.69. The first-order valence-electron chi connectivity index (χ1n) is 3.77. The normalized spacial score (nSPS) is 13.9. The van der Waals surface area contributed by atoms with E-state index in [9.17, 15) is 13.2 Å². The predicted molar refractivity (Wildman–Crippen MR) is 43.7 cm³/mol. The van der Waals surface area contributed by atoms with Gasteiger partial charge in [0, 0.05) is 18.9 Å². The number of nitrogens with zero attached hydrogens (tertiary/aromatic N) is 2. The third-order valence-corrected chi connectivity index (χ3v) is 1.72. The number of hydrogen-bond donors (Lipinski definition) is 2. The molecule has 1 aromatic rings. The van der Waals surface area contributed by atoms with Crippen LogP contribution in [0.15, 0.2) is 18.7 Å². The van der Waals surface area contributed by atoms with E-state index in [1.165, 1.54) is 23.3 Å². The quantitative estimate of drug-likeness (QED) is 0.572. The number of aromatic nitrogens is 2. The van der Waals surface area contributed by atoms with Gasteiger partial charge in [0.25, 0.3) is 0 Å². The van der Waals surface area contributed by atoms with E-state index < -0.39 is 24.5 Å². The zero-order valence-corrected chi connectivity index (χ0v) is 7.12. The molecule has 7 heteroatoms. The molecule has 0 saturated heterocycles. The smallest absolute Gasteiger partial charge is 0.387 e. The average Bonchev–Trinajstić information content (AvgIpc) is 2.48. The minimum atomic E-state index is -4.49. The van der Waals surface area contributed by atoms with Gasteiger partial charge in [0.1, 0.15) is 11.8 Å². The Kier molecular flexibility index (Phi) is 2.78. The maximum Gasteiger partial charge on any atom is 0.400 e. The Morgan fingerprint density at radius 2 is 2.21 bits per heavy atom. The molecule has 1 rings (SSSR count). The third kappa shape index (κ3) is 2.48. The van der Waals surface area contributed by atoms with E-state index in [0.29, 0.717) is 0 Å².